The van der Waals surface area contributed by atoms with E-state index in [1.165, 1.54) is 16.7 Å². The Morgan fingerprint density at radius 2 is 1.15 bits per heavy atom. The molecule has 3 aromatic rings. The number of aliphatic carboxylic acids is 2. The van der Waals surface area contributed by atoms with Crippen molar-refractivity contribution in [1.82, 2.24) is 0 Å². The lowest BCUT2D eigenvalue weighted by molar-refractivity contribution is -0.143. The highest BCUT2D eigenvalue weighted by Crippen LogP contribution is 2.48. The van der Waals surface area contributed by atoms with Crippen LogP contribution in [0.15, 0.2) is 91.0 Å². The Labute approximate surface area is 199 Å². The van der Waals surface area contributed by atoms with E-state index in [9.17, 15) is 14.7 Å². The summed E-state index contributed by atoms with van der Waals surface area (Å²) in [6, 6.07) is 31.5. The number of benzene rings is 3. The van der Waals surface area contributed by atoms with Crippen LogP contribution in [0.1, 0.15) is 48.8 Å². The summed E-state index contributed by atoms with van der Waals surface area (Å²) in [5.41, 5.74) is 3.62. The van der Waals surface area contributed by atoms with Crippen molar-refractivity contribution >= 4 is 23.7 Å². The van der Waals surface area contributed by atoms with Gasteiger partial charge in [0.1, 0.15) is 0 Å². The van der Waals surface area contributed by atoms with E-state index in [4.69, 9.17) is 5.11 Å². The summed E-state index contributed by atoms with van der Waals surface area (Å²) in [6.07, 6.45) is 2.18. The molecule has 0 aromatic heterocycles. The van der Waals surface area contributed by atoms with Crippen molar-refractivity contribution in [1.29, 1.82) is 0 Å². The molecule has 0 spiro atoms. The van der Waals surface area contributed by atoms with E-state index in [0.717, 1.165) is 18.6 Å². The third-order valence-electron chi connectivity index (χ3n) is 5.86. The van der Waals surface area contributed by atoms with Gasteiger partial charge in [0.15, 0.2) is 0 Å². The largest absolute Gasteiger partial charge is 0.481 e. The Balaban J connectivity index is 1.80. The first-order valence-electron chi connectivity index (χ1n) is 11.3. The van der Waals surface area contributed by atoms with Gasteiger partial charge in [0, 0.05) is 6.42 Å². The first-order valence-corrected chi connectivity index (χ1v) is 12.3. The fraction of sp³-hybridized carbons (Fsp3) is 0.286. The predicted molar refractivity (Wildman–Crippen MR) is 134 cm³/mol. The molecular weight excluding hydrogens is 432 g/mol. The second kappa shape index (κ2) is 12.3. The normalized spacial score (nSPS) is 12.2. The van der Waals surface area contributed by atoms with Crippen LogP contribution in [-0.4, -0.2) is 27.9 Å². The van der Waals surface area contributed by atoms with E-state index < -0.39 is 17.9 Å². The number of carbonyl (C=O) groups is 2. The van der Waals surface area contributed by atoms with E-state index in [2.05, 4.69) is 72.8 Å². The van der Waals surface area contributed by atoms with Crippen molar-refractivity contribution in [2.75, 3.05) is 5.75 Å². The molecule has 0 heterocycles. The molecule has 3 aromatic carbocycles. The third kappa shape index (κ3) is 6.48. The van der Waals surface area contributed by atoms with Crippen LogP contribution < -0.4 is 0 Å². The fourth-order valence-electron chi connectivity index (χ4n) is 4.18. The second-order valence-corrected chi connectivity index (χ2v) is 9.40. The lowest BCUT2D eigenvalue weighted by Gasteiger charge is -2.35. The molecule has 4 nitrogen and oxygen atoms in total. The fourth-order valence-corrected chi connectivity index (χ4v) is 5.74. The minimum Gasteiger partial charge on any atom is -0.481 e. The van der Waals surface area contributed by atoms with Crippen molar-refractivity contribution in [3.63, 3.8) is 0 Å². The zero-order valence-corrected chi connectivity index (χ0v) is 19.4. The van der Waals surface area contributed by atoms with Crippen molar-refractivity contribution in [2.45, 2.75) is 36.9 Å². The molecule has 0 saturated heterocycles. The topological polar surface area (TPSA) is 74.6 Å². The second-order valence-electron chi connectivity index (χ2n) is 8.09. The summed E-state index contributed by atoms with van der Waals surface area (Å²) >= 11 is 1.87. The Morgan fingerprint density at radius 3 is 1.55 bits per heavy atom. The van der Waals surface area contributed by atoms with Gasteiger partial charge in [0.05, 0.1) is 10.7 Å². The van der Waals surface area contributed by atoms with Gasteiger partial charge in [-0.1, -0.05) is 97.4 Å². The molecule has 0 aliphatic heterocycles. The van der Waals surface area contributed by atoms with Gasteiger partial charge in [-0.15, -0.1) is 11.8 Å². The summed E-state index contributed by atoms with van der Waals surface area (Å²) in [6.45, 7) is 0. The summed E-state index contributed by atoms with van der Waals surface area (Å²) in [5, 5.41) is 18.3. The SMILES string of the molecule is O=C(O)CCC(CCCCSC(c1ccccc1)(c1ccccc1)c1ccccc1)C(=O)O. The van der Waals surface area contributed by atoms with Crippen LogP contribution in [0.2, 0.25) is 0 Å². The molecular formula is C28H30O4S. The summed E-state index contributed by atoms with van der Waals surface area (Å²) in [4.78, 5) is 22.3. The molecule has 1 unspecified atom stereocenters. The summed E-state index contributed by atoms with van der Waals surface area (Å²) < 4.78 is -0.376. The maximum Gasteiger partial charge on any atom is 0.306 e. The number of hydrogen-bond acceptors (Lipinski definition) is 3. The van der Waals surface area contributed by atoms with Gasteiger partial charge < -0.3 is 10.2 Å². The molecule has 3 rings (SSSR count). The number of unbranched alkanes of at least 4 members (excludes halogenated alkanes) is 1. The van der Waals surface area contributed by atoms with Gasteiger partial charge in [0.2, 0.25) is 0 Å². The molecule has 0 saturated carbocycles. The van der Waals surface area contributed by atoms with Gasteiger partial charge >= 0.3 is 11.9 Å². The van der Waals surface area contributed by atoms with Crippen molar-refractivity contribution in [3.8, 4) is 0 Å². The highest BCUT2D eigenvalue weighted by molar-refractivity contribution is 8.00. The van der Waals surface area contributed by atoms with Gasteiger partial charge in [0.25, 0.3) is 0 Å². The van der Waals surface area contributed by atoms with Crippen molar-refractivity contribution in [2.24, 2.45) is 5.92 Å². The Kier molecular flexibility index (Phi) is 9.14. The Hall–Kier alpha value is -3.05. The molecule has 0 aliphatic rings. The molecule has 2 N–H and O–H groups in total. The first-order chi connectivity index (χ1) is 16.0. The van der Waals surface area contributed by atoms with Crippen LogP contribution in [0.4, 0.5) is 0 Å². The monoisotopic (exact) mass is 462 g/mol. The lowest BCUT2D eigenvalue weighted by atomic mass is 9.84. The summed E-state index contributed by atoms with van der Waals surface area (Å²) in [7, 11) is 0. The zero-order chi connectivity index (χ0) is 23.5. The molecule has 172 valence electrons. The molecule has 33 heavy (non-hydrogen) atoms. The molecule has 0 aliphatic carbocycles. The van der Waals surface area contributed by atoms with Crippen molar-refractivity contribution in [3.05, 3.63) is 108 Å². The standard InChI is InChI=1S/C28H30O4S/c29-26(30)20-19-22(27(31)32)12-10-11-21-33-28(23-13-4-1-5-14-23,24-15-6-2-7-16-24)25-17-8-3-9-18-25/h1-9,13-18,22H,10-12,19-21H2,(H,29,30)(H,31,32). The van der Waals surface area contributed by atoms with Crippen LogP contribution in [-0.2, 0) is 14.3 Å². The maximum atomic E-state index is 11.5. The number of thioether (sulfide) groups is 1. The van der Waals surface area contributed by atoms with Crippen LogP contribution in [0.5, 0.6) is 0 Å². The smallest absolute Gasteiger partial charge is 0.306 e. The van der Waals surface area contributed by atoms with Gasteiger partial charge in [-0.3, -0.25) is 9.59 Å². The van der Waals surface area contributed by atoms with Crippen LogP contribution >= 0.6 is 11.8 Å². The van der Waals surface area contributed by atoms with Gasteiger partial charge in [-0.05, 0) is 41.7 Å². The van der Waals surface area contributed by atoms with Gasteiger partial charge in [-0.25, -0.2) is 0 Å². The molecule has 0 fully saturated rings. The maximum absolute atomic E-state index is 11.5. The van der Waals surface area contributed by atoms with Gasteiger partial charge in [-0.2, -0.15) is 0 Å². The number of rotatable bonds is 13. The number of hydrogen-bond donors (Lipinski definition) is 2. The number of carboxylic acid groups (broad SMARTS) is 2. The average Bonchev–Trinajstić information content (AvgIpc) is 2.84. The molecule has 0 amide bonds. The van der Waals surface area contributed by atoms with E-state index in [-0.39, 0.29) is 17.6 Å². The molecule has 5 heteroatoms. The predicted octanol–water partition coefficient (Wildman–Crippen LogP) is 6.45. The van der Waals surface area contributed by atoms with Crippen molar-refractivity contribution < 1.29 is 19.8 Å². The van der Waals surface area contributed by atoms with E-state index in [1.807, 2.05) is 30.0 Å². The average molecular weight is 463 g/mol. The highest BCUT2D eigenvalue weighted by Gasteiger charge is 2.36. The zero-order valence-electron chi connectivity index (χ0n) is 18.6. The Morgan fingerprint density at radius 1 is 0.697 bits per heavy atom. The van der Waals surface area contributed by atoms with Crippen LogP contribution in [0.3, 0.4) is 0 Å². The molecule has 1 atom stereocenters. The molecule has 0 bridgehead atoms. The lowest BCUT2D eigenvalue weighted by Crippen LogP contribution is -2.26. The minimum absolute atomic E-state index is 0.106. The first kappa shape index (κ1) is 24.6. The van der Waals surface area contributed by atoms with Crippen LogP contribution in [0.25, 0.3) is 0 Å². The molecule has 0 radical (unpaired) electrons. The Bertz CT molecular complexity index is 909. The van der Waals surface area contributed by atoms with E-state index in [0.29, 0.717) is 6.42 Å². The van der Waals surface area contributed by atoms with E-state index in [1.54, 1.807) is 0 Å². The number of carboxylic acids is 2. The minimum atomic E-state index is -0.949. The van der Waals surface area contributed by atoms with Crippen LogP contribution in [0, 0.1) is 5.92 Å². The third-order valence-corrected chi connectivity index (χ3v) is 7.50. The van der Waals surface area contributed by atoms with E-state index >= 15 is 0 Å². The quantitative estimate of drug-likeness (QED) is 0.226. The highest BCUT2D eigenvalue weighted by atomic mass is 32.2. The summed E-state index contributed by atoms with van der Waals surface area (Å²) in [5.74, 6) is -1.61.